The summed E-state index contributed by atoms with van der Waals surface area (Å²) in [5.74, 6) is 0. The van der Waals surface area contributed by atoms with E-state index in [0.29, 0.717) is 12.2 Å². The van der Waals surface area contributed by atoms with Gasteiger partial charge in [-0.2, -0.15) is 4.31 Å². The number of anilines is 1. The molecule has 0 spiro atoms. The number of nitrogens with two attached hydrogens (primary N) is 1. The molecule has 0 aliphatic carbocycles. The fourth-order valence-corrected chi connectivity index (χ4v) is 4.09. The van der Waals surface area contributed by atoms with Crippen LogP contribution in [-0.2, 0) is 10.0 Å². The first kappa shape index (κ1) is 12.4. The predicted molar refractivity (Wildman–Crippen MR) is 68.1 cm³/mol. The highest BCUT2D eigenvalue weighted by Gasteiger charge is 2.31. The van der Waals surface area contributed by atoms with E-state index in [4.69, 9.17) is 5.73 Å². The lowest BCUT2D eigenvalue weighted by molar-refractivity contribution is 0.269. The molecule has 1 fully saturated rings. The van der Waals surface area contributed by atoms with Crippen molar-refractivity contribution in [1.82, 2.24) is 4.31 Å². The zero-order valence-corrected chi connectivity index (χ0v) is 10.8. The van der Waals surface area contributed by atoms with Crippen molar-refractivity contribution in [2.24, 2.45) is 0 Å². The van der Waals surface area contributed by atoms with Gasteiger partial charge in [0.05, 0.1) is 5.69 Å². The van der Waals surface area contributed by atoms with Crippen LogP contribution in [0.5, 0.6) is 0 Å². The second-order valence-electron chi connectivity index (χ2n) is 4.50. The van der Waals surface area contributed by atoms with Crippen LogP contribution in [0.3, 0.4) is 0 Å². The van der Waals surface area contributed by atoms with Crippen LogP contribution in [0.15, 0.2) is 29.2 Å². The van der Waals surface area contributed by atoms with Gasteiger partial charge in [0.1, 0.15) is 4.90 Å². The Morgan fingerprint density at radius 1 is 1.29 bits per heavy atom. The topological polar surface area (TPSA) is 63.4 Å². The van der Waals surface area contributed by atoms with E-state index in [2.05, 4.69) is 0 Å². The van der Waals surface area contributed by atoms with Crippen molar-refractivity contribution < 1.29 is 8.42 Å². The largest absolute Gasteiger partial charge is 0.398 e. The van der Waals surface area contributed by atoms with Crippen LogP contribution >= 0.6 is 0 Å². The Hall–Kier alpha value is -1.07. The normalized spacial score (nSPS) is 22.5. The maximum atomic E-state index is 12.5. The van der Waals surface area contributed by atoms with E-state index in [1.165, 1.54) is 0 Å². The van der Waals surface area contributed by atoms with Crippen molar-refractivity contribution in [1.29, 1.82) is 0 Å². The Labute approximate surface area is 102 Å². The minimum Gasteiger partial charge on any atom is -0.398 e. The van der Waals surface area contributed by atoms with Crippen LogP contribution in [-0.4, -0.2) is 25.3 Å². The molecule has 1 aromatic rings. The number of sulfonamides is 1. The third-order valence-electron chi connectivity index (χ3n) is 3.25. The number of hydrogen-bond donors (Lipinski definition) is 1. The molecule has 94 valence electrons. The van der Waals surface area contributed by atoms with Crippen molar-refractivity contribution in [3.05, 3.63) is 24.3 Å². The number of para-hydroxylation sites is 1. The molecule has 1 saturated heterocycles. The molecule has 1 aliphatic rings. The third kappa shape index (κ3) is 2.30. The number of piperidine rings is 1. The molecule has 5 heteroatoms. The first-order valence-corrected chi connectivity index (χ1v) is 7.34. The van der Waals surface area contributed by atoms with Crippen molar-refractivity contribution in [2.45, 2.75) is 37.1 Å². The van der Waals surface area contributed by atoms with Gasteiger partial charge in [0.15, 0.2) is 0 Å². The Kier molecular flexibility index (Phi) is 3.40. The van der Waals surface area contributed by atoms with E-state index in [1.807, 2.05) is 6.92 Å². The summed E-state index contributed by atoms with van der Waals surface area (Å²) < 4.78 is 26.5. The van der Waals surface area contributed by atoms with Gasteiger partial charge in [0.2, 0.25) is 10.0 Å². The van der Waals surface area contributed by atoms with E-state index >= 15 is 0 Å². The molecule has 17 heavy (non-hydrogen) atoms. The average molecular weight is 254 g/mol. The highest BCUT2D eigenvalue weighted by molar-refractivity contribution is 7.89. The summed E-state index contributed by atoms with van der Waals surface area (Å²) in [6.45, 7) is 2.55. The molecule has 4 nitrogen and oxygen atoms in total. The van der Waals surface area contributed by atoms with Crippen molar-refractivity contribution in [3.8, 4) is 0 Å². The Morgan fingerprint density at radius 3 is 2.65 bits per heavy atom. The lowest BCUT2D eigenvalue weighted by atomic mass is 10.1. The van der Waals surface area contributed by atoms with Crippen LogP contribution in [0, 0.1) is 0 Å². The molecule has 1 unspecified atom stereocenters. The molecule has 0 bridgehead atoms. The molecule has 1 aliphatic heterocycles. The molecule has 0 aromatic heterocycles. The first-order chi connectivity index (χ1) is 8.03. The minimum atomic E-state index is -3.43. The number of rotatable bonds is 2. The van der Waals surface area contributed by atoms with Crippen LogP contribution < -0.4 is 5.73 Å². The summed E-state index contributed by atoms with van der Waals surface area (Å²) in [6.07, 6.45) is 2.94. The Balaban J connectivity index is 2.39. The van der Waals surface area contributed by atoms with Gasteiger partial charge in [0.25, 0.3) is 0 Å². The Morgan fingerprint density at radius 2 is 2.00 bits per heavy atom. The predicted octanol–water partition coefficient (Wildman–Crippen LogP) is 1.83. The van der Waals surface area contributed by atoms with E-state index in [0.717, 1.165) is 19.3 Å². The average Bonchev–Trinajstić information content (AvgIpc) is 2.29. The van der Waals surface area contributed by atoms with Crippen LogP contribution in [0.4, 0.5) is 5.69 Å². The summed E-state index contributed by atoms with van der Waals surface area (Å²) >= 11 is 0. The van der Waals surface area contributed by atoms with Crippen molar-refractivity contribution in [2.75, 3.05) is 12.3 Å². The molecule has 1 atom stereocenters. The molecule has 2 rings (SSSR count). The zero-order valence-electron chi connectivity index (χ0n) is 9.96. The second-order valence-corrected chi connectivity index (χ2v) is 6.36. The van der Waals surface area contributed by atoms with Crippen LogP contribution in [0.25, 0.3) is 0 Å². The SMILES string of the molecule is CC1CCCCN1S(=O)(=O)c1ccccc1N. The monoisotopic (exact) mass is 254 g/mol. The van der Waals surface area contributed by atoms with Gasteiger partial charge in [-0.25, -0.2) is 8.42 Å². The molecule has 1 heterocycles. The van der Waals surface area contributed by atoms with E-state index in [1.54, 1.807) is 28.6 Å². The summed E-state index contributed by atoms with van der Waals surface area (Å²) in [5.41, 5.74) is 6.08. The van der Waals surface area contributed by atoms with Gasteiger partial charge >= 0.3 is 0 Å². The van der Waals surface area contributed by atoms with Gasteiger partial charge < -0.3 is 5.73 Å². The molecule has 0 radical (unpaired) electrons. The van der Waals surface area contributed by atoms with Gasteiger partial charge in [0, 0.05) is 12.6 Å². The Bertz CT molecular complexity index is 499. The molecule has 0 saturated carbocycles. The van der Waals surface area contributed by atoms with Gasteiger partial charge in [-0.05, 0) is 31.9 Å². The molecule has 1 aromatic carbocycles. The maximum absolute atomic E-state index is 12.5. The van der Waals surface area contributed by atoms with Gasteiger partial charge in [-0.3, -0.25) is 0 Å². The van der Waals surface area contributed by atoms with Crippen LogP contribution in [0.1, 0.15) is 26.2 Å². The van der Waals surface area contributed by atoms with Gasteiger partial charge in [-0.15, -0.1) is 0 Å². The fourth-order valence-electron chi connectivity index (χ4n) is 2.27. The molecular formula is C12H18N2O2S. The summed E-state index contributed by atoms with van der Waals surface area (Å²) in [4.78, 5) is 0.230. The minimum absolute atomic E-state index is 0.0633. The van der Waals surface area contributed by atoms with Crippen LogP contribution in [0.2, 0.25) is 0 Å². The van der Waals surface area contributed by atoms with Crippen molar-refractivity contribution in [3.63, 3.8) is 0 Å². The molecule has 2 N–H and O–H groups in total. The highest BCUT2D eigenvalue weighted by Crippen LogP contribution is 2.27. The standard InChI is InChI=1S/C12H18N2O2S/c1-10-6-4-5-9-14(10)17(15,16)12-8-3-2-7-11(12)13/h2-3,7-8,10H,4-6,9,13H2,1H3. The lowest BCUT2D eigenvalue weighted by Crippen LogP contribution is -2.42. The van der Waals surface area contributed by atoms with E-state index < -0.39 is 10.0 Å². The zero-order chi connectivity index (χ0) is 12.5. The summed E-state index contributed by atoms with van der Waals surface area (Å²) in [5, 5.41) is 0. The lowest BCUT2D eigenvalue weighted by Gasteiger charge is -2.32. The third-order valence-corrected chi connectivity index (χ3v) is 5.34. The van der Waals surface area contributed by atoms with Gasteiger partial charge in [-0.1, -0.05) is 18.6 Å². The number of hydrogen-bond acceptors (Lipinski definition) is 3. The number of nitrogen functional groups attached to an aromatic ring is 1. The second kappa shape index (κ2) is 4.66. The quantitative estimate of drug-likeness (QED) is 0.819. The number of benzene rings is 1. The maximum Gasteiger partial charge on any atom is 0.245 e. The van der Waals surface area contributed by atoms with E-state index in [-0.39, 0.29) is 10.9 Å². The summed E-state index contributed by atoms with van der Waals surface area (Å²) in [7, 11) is -3.43. The summed E-state index contributed by atoms with van der Waals surface area (Å²) in [6, 6.07) is 6.72. The van der Waals surface area contributed by atoms with E-state index in [9.17, 15) is 8.42 Å². The highest BCUT2D eigenvalue weighted by atomic mass is 32.2. The number of nitrogens with zero attached hydrogens (tertiary/aromatic N) is 1. The smallest absolute Gasteiger partial charge is 0.245 e. The first-order valence-electron chi connectivity index (χ1n) is 5.90. The fraction of sp³-hybridized carbons (Fsp3) is 0.500. The molecular weight excluding hydrogens is 236 g/mol. The molecule has 0 amide bonds. The van der Waals surface area contributed by atoms with Crippen molar-refractivity contribution >= 4 is 15.7 Å².